The molecule has 1 aromatic rings. The van der Waals surface area contributed by atoms with Crippen molar-refractivity contribution in [3.05, 3.63) is 29.3 Å². The Morgan fingerprint density at radius 2 is 2.05 bits per heavy atom. The summed E-state index contributed by atoms with van der Waals surface area (Å²) < 4.78 is 0. The van der Waals surface area contributed by atoms with Gasteiger partial charge in [0.15, 0.2) is 5.11 Å². The van der Waals surface area contributed by atoms with Crippen LogP contribution in [0, 0.1) is 5.92 Å². The number of benzene rings is 1. The van der Waals surface area contributed by atoms with E-state index in [2.05, 4.69) is 22.5 Å². The number of para-hydroxylation sites is 1. The second-order valence-electron chi connectivity index (χ2n) is 5.74. The third kappa shape index (κ3) is 5.81. The predicted molar refractivity (Wildman–Crippen MR) is 95.1 cm³/mol. The van der Waals surface area contributed by atoms with Crippen molar-refractivity contribution in [3.8, 4) is 0 Å². The van der Waals surface area contributed by atoms with Gasteiger partial charge in [0, 0.05) is 6.54 Å². The summed E-state index contributed by atoms with van der Waals surface area (Å²) in [4.78, 5) is 2.55. The highest BCUT2D eigenvalue weighted by Crippen LogP contribution is 2.20. The summed E-state index contributed by atoms with van der Waals surface area (Å²) in [6.45, 7) is 6.86. The molecule has 0 atom stereocenters. The van der Waals surface area contributed by atoms with Gasteiger partial charge in [0.2, 0.25) is 0 Å². The maximum Gasteiger partial charge on any atom is 0.170 e. The van der Waals surface area contributed by atoms with Crippen molar-refractivity contribution in [2.24, 2.45) is 5.92 Å². The largest absolute Gasteiger partial charge is 0.362 e. The normalized spacial score (nSPS) is 16.7. The van der Waals surface area contributed by atoms with Crippen molar-refractivity contribution in [2.75, 3.05) is 31.5 Å². The van der Waals surface area contributed by atoms with Gasteiger partial charge in [-0.25, -0.2) is 0 Å². The first kappa shape index (κ1) is 16.5. The van der Waals surface area contributed by atoms with Crippen molar-refractivity contribution in [3.63, 3.8) is 0 Å². The van der Waals surface area contributed by atoms with E-state index in [9.17, 15) is 0 Å². The fraction of sp³-hybridized carbons (Fsp3) is 0.562. The van der Waals surface area contributed by atoms with Crippen molar-refractivity contribution in [1.29, 1.82) is 0 Å². The minimum Gasteiger partial charge on any atom is -0.362 e. The Hall–Kier alpha value is -0.840. The van der Waals surface area contributed by atoms with Crippen LogP contribution < -0.4 is 10.6 Å². The van der Waals surface area contributed by atoms with Gasteiger partial charge < -0.3 is 15.5 Å². The smallest absolute Gasteiger partial charge is 0.170 e. The number of hydrogen-bond donors (Lipinski definition) is 2. The molecule has 1 aromatic carbocycles. The second kappa shape index (κ2) is 8.57. The maximum atomic E-state index is 6.09. The summed E-state index contributed by atoms with van der Waals surface area (Å²) in [5, 5.41) is 7.69. The summed E-state index contributed by atoms with van der Waals surface area (Å²) in [5.74, 6) is 0.895. The average Bonchev–Trinajstić information content (AvgIpc) is 2.48. The number of nitrogens with one attached hydrogen (secondary N) is 2. The van der Waals surface area contributed by atoms with Crippen LogP contribution in [0.25, 0.3) is 0 Å². The average molecular weight is 326 g/mol. The Morgan fingerprint density at radius 3 is 2.76 bits per heavy atom. The molecule has 2 rings (SSSR count). The van der Waals surface area contributed by atoms with Gasteiger partial charge in [-0.05, 0) is 69.2 Å². The van der Waals surface area contributed by atoms with Gasteiger partial charge in [-0.1, -0.05) is 30.7 Å². The zero-order valence-electron chi connectivity index (χ0n) is 12.6. The molecule has 5 heteroatoms. The highest BCUT2D eigenvalue weighted by molar-refractivity contribution is 7.80. The lowest BCUT2D eigenvalue weighted by atomic mass is 9.99. The maximum absolute atomic E-state index is 6.09. The molecule has 0 unspecified atom stereocenters. The summed E-state index contributed by atoms with van der Waals surface area (Å²) >= 11 is 11.4. The third-order valence-corrected chi connectivity index (χ3v) is 4.51. The topological polar surface area (TPSA) is 27.3 Å². The van der Waals surface area contributed by atoms with Gasteiger partial charge >= 0.3 is 0 Å². The van der Waals surface area contributed by atoms with E-state index < -0.39 is 0 Å². The molecule has 0 radical (unpaired) electrons. The Kier molecular flexibility index (Phi) is 6.74. The molecule has 3 nitrogen and oxygen atoms in total. The first-order valence-corrected chi connectivity index (χ1v) is 8.45. The molecular formula is C16H24ClN3S. The van der Waals surface area contributed by atoms with Crippen LogP contribution in [-0.2, 0) is 0 Å². The number of halogens is 1. The number of thiocarbonyl (C=S) groups is 1. The van der Waals surface area contributed by atoms with E-state index in [1.165, 1.54) is 25.9 Å². The quantitative estimate of drug-likeness (QED) is 0.637. The van der Waals surface area contributed by atoms with Gasteiger partial charge in [0.05, 0.1) is 10.7 Å². The highest BCUT2D eigenvalue weighted by Gasteiger charge is 2.14. The summed E-state index contributed by atoms with van der Waals surface area (Å²) in [6, 6.07) is 7.62. The minimum atomic E-state index is 0.635. The number of anilines is 1. The van der Waals surface area contributed by atoms with E-state index in [-0.39, 0.29) is 0 Å². The summed E-state index contributed by atoms with van der Waals surface area (Å²) in [7, 11) is 0. The lowest BCUT2D eigenvalue weighted by molar-refractivity contribution is 0.191. The molecule has 0 aromatic heterocycles. The lowest BCUT2D eigenvalue weighted by Gasteiger charge is -2.30. The van der Waals surface area contributed by atoms with Crippen molar-refractivity contribution in [1.82, 2.24) is 10.2 Å². The first-order valence-electron chi connectivity index (χ1n) is 7.67. The van der Waals surface area contributed by atoms with E-state index in [0.717, 1.165) is 31.1 Å². The number of piperidine rings is 1. The summed E-state index contributed by atoms with van der Waals surface area (Å²) in [5.41, 5.74) is 0.849. The van der Waals surface area contributed by atoms with E-state index >= 15 is 0 Å². The molecule has 0 saturated carbocycles. The summed E-state index contributed by atoms with van der Waals surface area (Å²) in [6.07, 6.45) is 3.78. The fourth-order valence-electron chi connectivity index (χ4n) is 2.52. The number of rotatable bonds is 5. The molecule has 1 saturated heterocycles. The minimum absolute atomic E-state index is 0.635. The molecule has 2 N–H and O–H groups in total. The van der Waals surface area contributed by atoms with Gasteiger partial charge in [-0.3, -0.25) is 0 Å². The Morgan fingerprint density at radius 1 is 1.33 bits per heavy atom. The number of likely N-dealkylation sites (tertiary alicyclic amines) is 1. The van der Waals surface area contributed by atoms with E-state index in [1.54, 1.807) is 0 Å². The molecular weight excluding hydrogens is 302 g/mol. The van der Waals surface area contributed by atoms with E-state index in [0.29, 0.717) is 10.1 Å². The molecule has 1 aliphatic heterocycles. The molecule has 0 aliphatic carbocycles. The highest BCUT2D eigenvalue weighted by atomic mass is 35.5. The molecule has 1 aliphatic rings. The molecule has 1 fully saturated rings. The van der Waals surface area contributed by atoms with Crippen LogP contribution in [0.4, 0.5) is 5.69 Å². The van der Waals surface area contributed by atoms with Crippen LogP contribution in [0.5, 0.6) is 0 Å². The zero-order valence-corrected chi connectivity index (χ0v) is 14.1. The van der Waals surface area contributed by atoms with Crippen molar-refractivity contribution in [2.45, 2.75) is 26.2 Å². The van der Waals surface area contributed by atoms with Crippen LogP contribution in [0.2, 0.25) is 5.02 Å². The standard InChI is InChI=1S/C16H24ClN3S/c1-13-7-11-20(12-8-13)10-4-9-18-16(21)19-15-6-3-2-5-14(15)17/h2-3,5-6,13H,4,7-12H2,1H3,(H2,18,19,21). The van der Waals surface area contributed by atoms with Gasteiger partial charge in [-0.2, -0.15) is 0 Å². The van der Waals surface area contributed by atoms with E-state index in [1.807, 2.05) is 24.3 Å². The van der Waals surface area contributed by atoms with Gasteiger partial charge in [0.1, 0.15) is 0 Å². The van der Waals surface area contributed by atoms with Crippen LogP contribution in [0.3, 0.4) is 0 Å². The van der Waals surface area contributed by atoms with Crippen LogP contribution in [0.1, 0.15) is 26.2 Å². The SMILES string of the molecule is CC1CCN(CCCNC(=S)Nc2ccccc2Cl)CC1. The van der Waals surface area contributed by atoms with E-state index in [4.69, 9.17) is 23.8 Å². The Labute approximate surface area is 138 Å². The second-order valence-corrected chi connectivity index (χ2v) is 6.55. The molecule has 116 valence electrons. The van der Waals surface area contributed by atoms with Crippen molar-refractivity contribution >= 4 is 34.6 Å². The van der Waals surface area contributed by atoms with Gasteiger partial charge in [-0.15, -0.1) is 0 Å². The van der Waals surface area contributed by atoms with Crippen LogP contribution >= 0.6 is 23.8 Å². The number of nitrogens with zero attached hydrogens (tertiary/aromatic N) is 1. The van der Waals surface area contributed by atoms with Crippen molar-refractivity contribution < 1.29 is 0 Å². The Balaban J connectivity index is 1.60. The first-order chi connectivity index (χ1) is 10.1. The van der Waals surface area contributed by atoms with Gasteiger partial charge in [0.25, 0.3) is 0 Å². The molecule has 21 heavy (non-hydrogen) atoms. The molecule has 0 bridgehead atoms. The lowest BCUT2D eigenvalue weighted by Crippen LogP contribution is -2.36. The monoisotopic (exact) mass is 325 g/mol. The van der Waals surface area contributed by atoms with Crippen LogP contribution in [0.15, 0.2) is 24.3 Å². The molecule has 0 spiro atoms. The number of hydrogen-bond acceptors (Lipinski definition) is 2. The fourth-order valence-corrected chi connectivity index (χ4v) is 2.91. The molecule has 0 amide bonds. The third-order valence-electron chi connectivity index (χ3n) is 3.93. The predicted octanol–water partition coefficient (Wildman–Crippen LogP) is 3.75. The Bertz CT molecular complexity index is 459. The van der Waals surface area contributed by atoms with Crippen LogP contribution in [-0.4, -0.2) is 36.2 Å². The molecule has 1 heterocycles. The zero-order chi connectivity index (χ0) is 15.1.